The molecule has 0 unspecified atom stereocenters. The number of hydrogen-bond donors (Lipinski definition) is 0. The van der Waals surface area contributed by atoms with Crippen molar-refractivity contribution in [2.45, 2.75) is 85.6 Å². The summed E-state index contributed by atoms with van der Waals surface area (Å²) in [6.45, 7) is 21.0. The third-order valence-corrected chi connectivity index (χ3v) is 9.70. The molecule has 0 spiro atoms. The van der Waals surface area contributed by atoms with Gasteiger partial charge in [0.05, 0.1) is 13.2 Å². The second-order valence-electron chi connectivity index (χ2n) is 7.41. The van der Waals surface area contributed by atoms with Crippen molar-refractivity contribution in [3.63, 3.8) is 0 Å². The lowest BCUT2D eigenvalue weighted by atomic mass is 10.1. The van der Waals surface area contributed by atoms with Gasteiger partial charge in [0.25, 0.3) is 0 Å². The molecule has 0 bridgehead atoms. The van der Waals surface area contributed by atoms with E-state index in [1.807, 2.05) is 6.92 Å². The van der Waals surface area contributed by atoms with Crippen molar-refractivity contribution in [3.05, 3.63) is 0 Å². The van der Waals surface area contributed by atoms with E-state index in [0.717, 1.165) is 39.3 Å². The lowest BCUT2D eigenvalue weighted by molar-refractivity contribution is 0.0830. The Hall–Kier alpha value is 0.274. The minimum atomic E-state index is -1.33. The molecule has 0 rings (SSSR count). The molecule has 0 aromatic heterocycles. The largest absolute Gasteiger partial charge is 0.458 e. The van der Waals surface area contributed by atoms with Crippen LogP contribution >= 0.6 is 0 Å². The molecule has 0 aliphatic heterocycles. The average Bonchev–Trinajstić information content (AvgIpc) is 2.58. The maximum absolute atomic E-state index is 6.04. The predicted octanol–water partition coefficient (Wildman–Crippen LogP) is 5.73. The van der Waals surface area contributed by atoms with E-state index in [4.69, 9.17) is 18.3 Å². The molecule has 0 atom stereocenters. The van der Waals surface area contributed by atoms with Crippen LogP contribution in [-0.4, -0.2) is 58.0 Å². The van der Waals surface area contributed by atoms with Crippen molar-refractivity contribution < 1.29 is 18.3 Å². The first-order valence-electron chi connectivity index (χ1n) is 10.5. The van der Waals surface area contributed by atoms with E-state index in [0.29, 0.717) is 5.92 Å². The normalized spacial score (nSPS) is 11.1. The number of ether oxygens (including phenoxy) is 3. The van der Waals surface area contributed by atoms with E-state index < -0.39 is 17.4 Å². The van der Waals surface area contributed by atoms with Crippen LogP contribution in [0.2, 0.25) is 32.2 Å². The van der Waals surface area contributed by atoms with Crippen LogP contribution in [0.15, 0.2) is 0 Å². The number of unbranched alkanes of at least 4 members (excludes halogenated alkanes) is 1. The molecule has 0 heterocycles. The van der Waals surface area contributed by atoms with Crippen molar-refractivity contribution in [1.82, 2.24) is 0 Å². The molecular formula is C20H50O4Si2. The summed E-state index contributed by atoms with van der Waals surface area (Å²) in [7, 11) is 1.27. The number of methoxy groups -OCH3 is 2. The summed E-state index contributed by atoms with van der Waals surface area (Å²) in [5, 5.41) is 0. The third-order valence-electron chi connectivity index (χ3n) is 3.71. The van der Waals surface area contributed by atoms with Crippen LogP contribution < -0.4 is 0 Å². The molecule has 162 valence electrons. The fourth-order valence-electron chi connectivity index (χ4n) is 2.20. The molecule has 0 N–H and O–H groups in total. The minimum Gasteiger partial charge on any atom is -0.458 e. The Bertz CT molecular complexity index is 244. The van der Waals surface area contributed by atoms with Crippen LogP contribution in [0.1, 0.15) is 53.4 Å². The molecule has 0 radical (unpaired) electrons. The highest BCUT2D eigenvalue weighted by molar-refractivity contribution is 6.77. The molecule has 0 aliphatic rings. The quantitative estimate of drug-likeness (QED) is 0.287. The zero-order valence-electron chi connectivity index (χ0n) is 19.7. The second-order valence-corrected chi connectivity index (χ2v) is 14.5. The Balaban J connectivity index is -0.000000352. The Morgan fingerprint density at radius 3 is 1.69 bits per heavy atom. The van der Waals surface area contributed by atoms with E-state index in [1.54, 1.807) is 14.2 Å². The smallest absolute Gasteiger partial charge is 0.173 e. The van der Waals surface area contributed by atoms with Crippen molar-refractivity contribution in [3.8, 4) is 0 Å². The molecule has 0 aromatic rings. The van der Waals surface area contributed by atoms with E-state index >= 15 is 0 Å². The topological polar surface area (TPSA) is 36.9 Å². The SMILES string of the molecule is CCC(COC)COC.CCCC.CCOCCC[Si](C)(C)O[SiH](C)C. The zero-order valence-corrected chi connectivity index (χ0v) is 21.8. The maximum atomic E-state index is 6.04. The third kappa shape index (κ3) is 29.1. The first-order valence-corrected chi connectivity index (χ1v) is 16.4. The lowest BCUT2D eigenvalue weighted by Gasteiger charge is -2.25. The van der Waals surface area contributed by atoms with E-state index in [1.165, 1.54) is 18.9 Å². The molecule has 26 heavy (non-hydrogen) atoms. The fraction of sp³-hybridized carbons (Fsp3) is 1.00. The van der Waals surface area contributed by atoms with E-state index in [9.17, 15) is 0 Å². The van der Waals surface area contributed by atoms with Crippen molar-refractivity contribution in [1.29, 1.82) is 0 Å². The van der Waals surface area contributed by atoms with Crippen molar-refractivity contribution in [2.75, 3.05) is 40.6 Å². The van der Waals surface area contributed by atoms with Gasteiger partial charge in [-0.25, -0.2) is 0 Å². The Labute approximate surface area is 168 Å². The zero-order chi connectivity index (χ0) is 20.8. The lowest BCUT2D eigenvalue weighted by Crippen LogP contribution is -2.35. The summed E-state index contributed by atoms with van der Waals surface area (Å²) in [5.74, 6) is 0.569. The summed E-state index contributed by atoms with van der Waals surface area (Å²) < 4.78 is 21.3. The van der Waals surface area contributed by atoms with Gasteiger partial charge in [0.2, 0.25) is 0 Å². The predicted molar refractivity (Wildman–Crippen MR) is 121 cm³/mol. The Kier molecular flexibility index (Phi) is 27.8. The van der Waals surface area contributed by atoms with Crippen LogP contribution in [0, 0.1) is 5.92 Å². The summed E-state index contributed by atoms with van der Waals surface area (Å²) >= 11 is 0. The molecular weight excluding hydrogens is 360 g/mol. The van der Waals surface area contributed by atoms with Gasteiger partial charge in [-0.3, -0.25) is 0 Å². The Morgan fingerprint density at radius 1 is 0.885 bits per heavy atom. The van der Waals surface area contributed by atoms with Gasteiger partial charge in [-0.15, -0.1) is 0 Å². The number of hydrogen-bond acceptors (Lipinski definition) is 4. The van der Waals surface area contributed by atoms with Gasteiger partial charge in [-0.2, -0.15) is 0 Å². The van der Waals surface area contributed by atoms with Crippen LogP contribution in [0.3, 0.4) is 0 Å². The van der Waals surface area contributed by atoms with E-state index in [-0.39, 0.29) is 0 Å². The van der Waals surface area contributed by atoms with Crippen LogP contribution in [-0.2, 0) is 18.3 Å². The van der Waals surface area contributed by atoms with Crippen molar-refractivity contribution in [2.24, 2.45) is 5.92 Å². The molecule has 0 aliphatic carbocycles. The highest BCUT2D eigenvalue weighted by Gasteiger charge is 2.22. The van der Waals surface area contributed by atoms with Gasteiger partial charge >= 0.3 is 0 Å². The monoisotopic (exact) mass is 410 g/mol. The second kappa shape index (κ2) is 23.3. The molecule has 0 saturated heterocycles. The fourth-order valence-corrected chi connectivity index (χ4v) is 8.77. The first kappa shape index (κ1) is 31.0. The summed E-state index contributed by atoms with van der Waals surface area (Å²) in [4.78, 5) is 0. The highest BCUT2D eigenvalue weighted by Crippen LogP contribution is 2.14. The first-order chi connectivity index (χ1) is 12.2. The van der Waals surface area contributed by atoms with Crippen molar-refractivity contribution >= 4 is 17.4 Å². The maximum Gasteiger partial charge on any atom is 0.173 e. The molecule has 0 amide bonds. The van der Waals surface area contributed by atoms with E-state index in [2.05, 4.69) is 47.0 Å². The summed E-state index contributed by atoms with van der Waals surface area (Å²) in [6, 6.07) is 1.23. The molecule has 4 nitrogen and oxygen atoms in total. The Morgan fingerprint density at radius 2 is 1.38 bits per heavy atom. The van der Waals surface area contributed by atoms with Crippen LogP contribution in [0.5, 0.6) is 0 Å². The summed E-state index contributed by atoms with van der Waals surface area (Å²) in [6.07, 6.45) is 4.93. The van der Waals surface area contributed by atoms with Crippen LogP contribution in [0.4, 0.5) is 0 Å². The average molecular weight is 411 g/mol. The van der Waals surface area contributed by atoms with Gasteiger partial charge in [0.1, 0.15) is 0 Å². The summed E-state index contributed by atoms with van der Waals surface area (Å²) in [5.41, 5.74) is 0. The van der Waals surface area contributed by atoms with Gasteiger partial charge < -0.3 is 18.3 Å². The molecule has 0 aromatic carbocycles. The van der Waals surface area contributed by atoms with Gasteiger partial charge in [-0.05, 0) is 52.0 Å². The van der Waals surface area contributed by atoms with Gasteiger partial charge in [0.15, 0.2) is 17.4 Å². The van der Waals surface area contributed by atoms with Gasteiger partial charge in [-0.1, -0.05) is 33.6 Å². The minimum absolute atomic E-state index is 0.569. The highest BCUT2D eigenvalue weighted by atomic mass is 28.4. The number of rotatable bonds is 13. The molecule has 0 fully saturated rings. The molecule has 0 saturated carbocycles. The van der Waals surface area contributed by atoms with Crippen LogP contribution in [0.25, 0.3) is 0 Å². The van der Waals surface area contributed by atoms with Gasteiger partial charge in [0, 0.05) is 33.4 Å². The standard InChI is InChI=1S/C9H24O2Si2.C7H16O2.C4H10/c1-6-10-8-7-9-13(4,5)11-12(2)3;1-4-7(5-8-2)6-9-3;1-3-4-2/h12H,6-9H2,1-5H3;7H,4-6H2,1-3H3;3-4H2,1-2H3. The molecule has 6 heteroatoms.